The van der Waals surface area contributed by atoms with Crippen LogP contribution in [0, 0.1) is 0 Å². The highest BCUT2D eigenvalue weighted by Crippen LogP contribution is 2.36. The zero-order valence-electron chi connectivity index (χ0n) is 20.7. The van der Waals surface area contributed by atoms with Crippen LogP contribution in [0.25, 0.3) is 22.5 Å². The van der Waals surface area contributed by atoms with Crippen molar-refractivity contribution in [1.29, 1.82) is 0 Å². The van der Waals surface area contributed by atoms with Crippen molar-refractivity contribution in [1.82, 2.24) is 34.6 Å². The number of hydrogen-bond acceptors (Lipinski definition) is 7. The number of benzene rings is 2. The molecule has 5 rings (SSSR count). The van der Waals surface area contributed by atoms with Gasteiger partial charge in [-0.15, -0.1) is 10.2 Å². The van der Waals surface area contributed by atoms with Crippen molar-refractivity contribution in [2.45, 2.75) is 19.4 Å². The van der Waals surface area contributed by atoms with Gasteiger partial charge in [-0.25, -0.2) is 14.2 Å². The first-order chi connectivity index (χ1) is 18.8. The van der Waals surface area contributed by atoms with E-state index in [0.717, 1.165) is 0 Å². The predicted molar refractivity (Wildman–Crippen MR) is 144 cm³/mol. The van der Waals surface area contributed by atoms with E-state index < -0.39 is 12.0 Å². The first-order valence-electron chi connectivity index (χ1n) is 11.7. The minimum absolute atomic E-state index is 0.0798. The maximum absolute atomic E-state index is 13.5. The Bertz CT molecular complexity index is 1740. The largest absolute Gasteiger partial charge is 0.495 e. The van der Waals surface area contributed by atoms with E-state index in [1.165, 1.54) is 33.2 Å². The molecule has 0 aliphatic rings. The van der Waals surface area contributed by atoms with Gasteiger partial charge in [-0.3, -0.25) is 4.79 Å². The normalized spacial score (nSPS) is 11.9. The number of pyridine rings is 1. The lowest BCUT2D eigenvalue weighted by molar-refractivity contribution is 0.0696. The monoisotopic (exact) mass is 565 g/mol. The number of hydrogen-bond donors (Lipinski definition) is 1. The third kappa shape index (κ3) is 5.01. The van der Waals surface area contributed by atoms with E-state index in [1.807, 2.05) is 6.92 Å². The number of aromatic carboxylic acids is 1. The lowest BCUT2D eigenvalue weighted by atomic mass is 10.0. The molecule has 1 N–H and O–H groups in total. The van der Waals surface area contributed by atoms with Crippen LogP contribution in [-0.4, -0.2) is 52.7 Å². The van der Waals surface area contributed by atoms with Gasteiger partial charge in [0, 0.05) is 22.2 Å². The van der Waals surface area contributed by atoms with E-state index in [2.05, 4.69) is 20.6 Å². The molecule has 0 fully saturated rings. The van der Waals surface area contributed by atoms with Crippen molar-refractivity contribution in [2.75, 3.05) is 7.11 Å². The van der Waals surface area contributed by atoms with Crippen LogP contribution in [0.2, 0.25) is 10.2 Å². The van der Waals surface area contributed by atoms with Crippen LogP contribution in [0.3, 0.4) is 0 Å². The molecule has 39 heavy (non-hydrogen) atoms. The van der Waals surface area contributed by atoms with E-state index in [-0.39, 0.29) is 16.3 Å². The summed E-state index contributed by atoms with van der Waals surface area (Å²) < 4.78 is 10.1. The summed E-state index contributed by atoms with van der Waals surface area (Å²) in [7, 11) is 1.50. The average molecular weight is 566 g/mol. The van der Waals surface area contributed by atoms with Crippen LogP contribution < -0.4 is 10.3 Å². The first kappa shape index (κ1) is 26.1. The molecule has 198 valence electrons. The number of halogens is 2. The average Bonchev–Trinajstić information content (AvgIpc) is 3.59. The molecule has 5 aromatic rings. The lowest BCUT2D eigenvalue weighted by Gasteiger charge is -2.19. The van der Waals surface area contributed by atoms with Crippen molar-refractivity contribution < 1.29 is 14.6 Å². The Morgan fingerprint density at radius 3 is 2.41 bits per heavy atom. The number of carbonyl (C=O) groups is 1. The van der Waals surface area contributed by atoms with Crippen LogP contribution in [0.4, 0.5) is 0 Å². The number of para-hydroxylation sites is 1. The maximum Gasteiger partial charge on any atom is 0.337 e. The molecule has 0 aliphatic carbocycles. The number of aromatic nitrogens is 7. The van der Waals surface area contributed by atoms with Gasteiger partial charge in [0.1, 0.15) is 11.4 Å². The number of nitrogens with zero attached hydrogens (tertiary/aromatic N) is 7. The Balaban J connectivity index is 1.59. The SMILES string of the molecule is CCC(c1cn(-c2ccccc2C(=O)O)nn1)n1cc(OC)c(-c2cc(Cl)ccc2-n2cc(Cl)nn2)cc1=O. The summed E-state index contributed by atoms with van der Waals surface area (Å²) in [6.07, 6.45) is 5.27. The minimum Gasteiger partial charge on any atom is -0.495 e. The zero-order valence-corrected chi connectivity index (χ0v) is 22.2. The number of carboxylic acid groups (broad SMARTS) is 1. The highest BCUT2D eigenvalue weighted by molar-refractivity contribution is 6.31. The molecule has 0 spiro atoms. The molecule has 0 aliphatic heterocycles. The second kappa shape index (κ2) is 10.7. The molecule has 13 heteroatoms. The summed E-state index contributed by atoms with van der Waals surface area (Å²) in [6, 6.07) is 12.6. The summed E-state index contributed by atoms with van der Waals surface area (Å²) in [6.45, 7) is 1.91. The highest BCUT2D eigenvalue weighted by Gasteiger charge is 2.22. The molecule has 0 amide bonds. The number of carboxylic acids is 1. The van der Waals surface area contributed by atoms with Gasteiger partial charge in [0.2, 0.25) is 0 Å². The van der Waals surface area contributed by atoms with Crippen LogP contribution in [0.1, 0.15) is 35.4 Å². The van der Waals surface area contributed by atoms with Crippen molar-refractivity contribution in [2.24, 2.45) is 0 Å². The molecule has 2 aromatic carbocycles. The molecule has 11 nitrogen and oxygen atoms in total. The summed E-state index contributed by atoms with van der Waals surface area (Å²) in [5, 5.41) is 26.5. The lowest BCUT2D eigenvalue weighted by Crippen LogP contribution is -2.25. The van der Waals surface area contributed by atoms with Gasteiger partial charge in [-0.05, 0) is 36.8 Å². The minimum atomic E-state index is -1.08. The van der Waals surface area contributed by atoms with E-state index >= 15 is 0 Å². The number of ether oxygens (including phenoxy) is 1. The fourth-order valence-electron chi connectivity index (χ4n) is 4.38. The molecule has 0 saturated heterocycles. The van der Waals surface area contributed by atoms with Gasteiger partial charge in [0.15, 0.2) is 5.15 Å². The van der Waals surface area contributed by atoms with E-state index in [4.69, 9.17) is 27.9 Å². The third-order valence-electron chi connectivity index (χ3n) is 6.18. The molecule has 0 bridgehead atoms. The van der Waals surface area contributed by atoms with Crippen LogP contribution in [0.15, 0.2) is 71.9 Å². The number of methoxy groups -OCH3 is 1. The van der Waals surface area contributed by atoms with Gasteiger partial charge in [-0.1, -0.05) is 52.7 Å². The second-order valence-corrected chi connectivity index (χ2v) is 9.31. The quantitative estimate of drug-likeness (QED) is 0.286. The summed E-state index contributed by atoms with van der Waals surface area (Å²) in [5.41, 5.74) is 2.29. The smallest absolute Gasteiger partial charge is 0.337 e. The van der Waals surface area contributed by atoms with Crippen molar-refractivity contribution in [3.63, 3.8) is 0 Å². The summed E-state index contributed by atoms with van der Waals surface area (Å²) in [4.78, 5) is 25.2. The molecule has 3 heterocycles. The van der Waals surface area contributed by atoms with Crippen molar-refractivity contribution in [3.05, 3.63) is 98.9 Å². The van der Waals surface area contributed by atoms with Gasteiger partial charge >= 0.3 is 5.97 Å². The standard InChI is InChI=1S/C26H21Cl2N7O4/c1-3-20(19-12-34(31-29-19)21-7-5-4-6-16(21)26(37)38)33-13-23(39-2)18(11-25(33)36)17-10-15(27)8-9-22(17)35-14-24(28)30-32-35/h4-14,20H,3H2,1-2H3,(H,37,38). The molecule has 0 saturated carbocycles. The molecule has 0 radical (unpaired) electrons. The zero-order chi connectivity index (χ0) is 27.7. The second-order valence-electron chi connectivity index (χ2n) is 8.48. The van der Waals surface area contributed by atoms with Crippen molar-refractivity contribution >= 4 is 29.2 Å². The number of rotatable bonds is 8. The topological polar surface area (TPSA) is 130 Å². The van der Waals surface area contributed by atoms with Crippen molar-refractivity contribution in [3.8, 4) is 28.3 Å². The Morgan fingerprint density at radius 1 is 0.974 bits per heavy atom. The Morgan fingerprint density at radius 2 is 1.72 bits per heavy atom. The van der Waals surface area contributed by atoms with E-state index in [1.54, 1.807) is 55.0 Å². The van der Waals surface area contributed by atoms with Gasteiger partial charge < -0.3 is 14.4 Å². The van der Waals surface area contributed by atoms with Gasteiger partial charge in [-0.2, -0.15) is 0 Å². The molecule has 1 unspecified atom stereocenters. The van der Waals surface area contributed by atoms with Gasteiger partial charge in [0.25, 0.3) is 5.56 Å². The Hall–Kier alpha value is -4.48. The predicted octanol–water partition coefficient (Wildman–Crippen LogP) is 4.69. The molecule has 3 aromatic heterocycles. The maximum atomic E-state index is 13.5. The van der Waals surface area contributed by atoms with Crippen LogP contribution in [-0.2, 0) is 0 Å². The van der Waals surface area contributed by atoms with Crippen LogP contribution >= 0.6 is 23.2 Å². The molecular formula is C26H21Cl2N7O4. The fourth-order valence-corrected chi connectivity index (χ4v) is 4.68. The first-order valence-corrected chi connectivity index (χ1v) is 12.5. The van der Waals surface area contributed by atoms with E-state index in [0.29, 0.717) is 45.4 Å². The van der Waals surface area contributed by atoms with Gasteiger partial charge in [0.05, 0.1) is 48.7 Å². The summed E-state index contributed by atoms with van der Waals surface area (Å²) >= 11 is 12.3. The van der Waals surface area contributed by atoms with E-state index in [9.17, 15) is 14.7 Å². The molecule has 1 atom stereocenters. The summed E-state index contributed by atoms with van der Waals surface area (Å²) in [5.74, 6) is -0.675. The Kier molecular flexibility index (Phi) is 7.18. The molecular weight excluding hydrogens is 545 g/mol. The Labute approximate surface area is 231 Å². The fraction of sp³-hybridized carbons (Fsp3) is 0.154. The highest BCUT2D eigenvalue weighted by atomic mass is 35.5. The van der Waals surface area contributed by atoms with Crippen LogP contribution in [0.5, 0.6) is 5.75 Å². The third-order valence-corrected chi connectivity index (χ3v) is 6.59.